The molecule has 0 bridgehead atoms. The molecule has 1 aromatic carbocycles. The minimum absolute atomic E-state index is 0.0234. The Balaban J connectivity index is 1.96. The first-order chi connectivity index (χ1) is 7.70. The lowest BCUT2D eigenvalue weighted by molar-refractivity contribution is -0.0710. The van der Waals surface area contributed by atoms with Crippen LogP contribution < -0.4 is 5.46 Å². The molecular formula is C14H17BO. The summed E-state index contributed by atoms with van der Waals surface area (Å²) in [6.45, 7) is 3.08. The molecule has 1 heterocycles. The fourth-order valence-electron chi connectivity index (χ4n) is 3.11. The Morgan fingerprint density at radius 1 is 1.31 bits per heavy atom. The molecule has 0 unspecified atom stereocenters. The van der Waals surface area contributed by atoms with E-state index in [-0.39, 0.29) is 5.60 Å². The van der Waals surface area contributed by atoms with Crippen LogP contribution in [0.1, 0.15) is 43.7 Å². The summed E-state index contributed by atoms with van der Waals surface area (Å²) in [6.07, 6.45) is 4.91. The average molecular weight is 212 g/mol. The topological polar surface area (TPSA) is 9.23 Å². The molecule has 1 spiro atoms. The maximum atomic E-state index is 6.10. The van der Waals surface area contributed by atoms with E-state index in [9.17, 15) is 0 Å². The van der Waals surface area contributed by atoms with Gasteiger partial charge in [0.15, 0.2) is 0 Å². The summed E-state index contributed by atoms with van der Waals surface area (Å²) in [5.41, 5.74) is 3.57. The fourth-order valence-corrected chi connectivity index (χ4v) is 3.11. The van der Waals surface area contributed by atoms with E-state index in [1.165, 1.54) is 36.8 Å². The maximum Gasteiger partial charge on any atom is 0.113 e. The van der Waals surface area contributed by atoms with Gasteiger partial charge in [0.2, 0.25) is 0 Å². The van der Waals surface area contributed by atoms with Gasteiger partial charge in [-0.15, -0.1) is 0 Å². The second kappa shape index (κ2) is 3.63. The lowest BCUT2D eigenvalue weighted by Crippen LogP contribution is -2.30. The van der Waals surface area contributed by atoms with Crippen molar-refractivity contribution >= 4 is 13.3 Å². The highest BCUT2D eigenvalue weighted by atomic mass is 16.5. The van der Waals surface area contributed by atoms with Crippen LogP contribution in [0.2, 0.25) is 0 Å². The highest BCUT2D eigenvalue weighted by Gasteiger charge is 2.41. The van der Waals surface area contributed by atoms with Crippen LogP contribution in [-0.4, -0.2) is 7.85 Å². The first-order valence-corrected chi connectivity index (χ1v) is 6.22. The predicted octanol–water partition coefficient (Wildman–Crippen LogP) is 2.42. The second-order valence-corrected chi connectivity index (χ2v) is 5.38. The molecule has 16 heavy (non-hydrogen) atoms. The Bertz CT molecular complexity index is 405. The summed E-state index contributed by atoms with van der Waals surface area (Å²) in [6, 6.07) is 6.25. The van der Waals surface area contributed by atoms with Crippen molar-refractivity contribution in [2.75, 3.05) is 0 Å². The van der Waals surface area contributed by atoms with Gasteiger partial charge in [-0.1, -0.05) is 30.6 Å². The Morgan fingerprint density at radius 3 is 2.81 bits per heavy atom. The molecule has 0 aromatic heterocycles. The number of rotatable bonds is 0. The van der Waals surface area contributed by atoms with Gasteiger partial charge in [-0.2, -0.15) is 0 Å². The van der Waals surface area contributed by atoms with Crippen LogP contribution in [0.25, 0.3) is 0 Å². The molecule has 1 saturated carbocycles. The van der Waals surface area contributed by atoms with Crippen molar-refractivity contribution in [3.63, 3.8) is 0 Å². The summed E-state index contributed by atoms with van der Waals surface area (Å²) < 4.78 is 6.10. The lowest BCUT2D eigenvalue weighted by Gasteiger charge is -2.36. The van der Waals surface area contributed by atoms with E-state index in [0.29, 0.717) is 0 Å². The molecule has 2 aliphatic rings. The van der Waals surface area contributed by atoms with Crippen molar-refractivity contribution < 1.29 is 4.74 Å². The third kappa shape index (κ3) is 1.51. The molecule has 0 N–H and O–H groups in total. The molecule has 3 rings (SSSR count). The fraction of sp³-hybridized carbons (Fsp3) is 0.571. The molecule has 0 saturated heterocycles. The Morgan fingerprint density at radius 2 is 2.06 bits per heavy atom. The molecule has 1 aliphatic carbocycles. The first-order valence-electron chi connectivity index (χ1n) is 6.22. The number of hydrogen-bond acceptors (Lipinski definition) is 1. The molecule has 2 radical (unpaired) electrons. The second-order valence-electron chi connectivity index (χ2n) is 5.38. The molecule has 1 nitrogen and oxygen atoms in total. The van der Waals surface area contributed by atoms with E-state index in [2.05, 4.69) is 19.1 Å². The number of ether oxygens (including phenoxy) is 1. The van der Waals surface area contributed by atoms with Crippen LogP contribution >= 0.6 is 0 Å². The van der Waals surface area contributed by atoms with Gasteiger partial charge in [0.25, 0.3) is 0 Å². The van der Waals surface area contributed by atoms with Crippen LogP contribution in [-0.2, 0) is 16.9 Å². The highest BCUT2D eigenvalue weighted by molar-refractivity contribution is 6.32. The molecule has 1 aliphatic heterocycles. The lowest BCUT2D eigenvalue weighted by atomic mass is 9.75. The monoisotopic (exact) mass is 212 g/mol. The molecule has 0 atom stereocenters. The van der Waals surface area contributed by atoms with Crippen molar-refractivity contribution in [3.05, 3.63) is 29.3 Å². The van der Waals surface area contributed by atoms with E-state index in [1.54, 1.807) is 0 Å². The van der Waals surface area contributed by atoms with Crippen molar-refractivity contribution in [1.82, 2.24) is 0 Å². The first kappa shape index (κ1) is 10.4. The minimum atomic E-state index is 0.0234. The Hall–Kier alpha value is -0.755. The van der Waals surface area contributed by atoms with Crippen molar-refractivity contribution in [1.29, 1.82) is 0 Å². The maximum absolute atomic E-state index is 6.10. The summed E-state index contributed by atoms with van der Waals surface area (Å²) in [7, 11) is 5.82. The summed E-state index contributed by atoms with van der Waals surface area (Å²) in [5.74, 6) is 0.854. The number of benzene rings is 1. The van der Waals surface area contributed by atoms with E-state index >= 15 is 0 Å². The predicted molar refractivity (Wildman–Crippen MR) is 65.9 cm³/mol. The summed E-state index contributed by atoms with van der Waals surface area (Å²) >= 11 is 0. The largest absolute Gasteiger partial charge is 0.366 e. The SMILES string of the molecule is [B]c1ccc2c(c1)COC21CCC(C)CC1. The van der Waals surface area contributed by atoms with Gasteiger partial charge in [0, 0.05) is 0 Å². The Labute approximate surface area is 98.6 Å². The van der Waals surface area contributed by atoms with Gasteiger partial charge in [-0.3, -0.25) is 0 Å². The van der Waals surface area contributed by atoms with Crippen molar-refractivity contribution in [2.24, 2.45) is 5.92 Å². The molecule has 82 valence electrons. The zero-order valence-electron chi connectivity index (χ0n) is 9.83. The average Bonchev–Trinajstić information content (AvgIpc) is 2.62. The smallest absolute Gasteiger partial charge is 0.113 e. The normalized spacial score (nSPS) is 32.9. The number of fused-ring (bicyclic) bond motifs is 2. The van der Waals surface area contributed by atoms with Crippen LogP contribution in [0, 0.1) is 5.92 Å². The molecular weight excluding hydrogens is 195 g/mol. The van der Waals surface area contributed by atoms with Crippen LogP contribution in [0.4, 0.5) is 0 Å². The summed E-state index contributed by atoms with van der Waals surface area (Å²) in [5, 5.41) is 0. The van der Waals surface area contributed by atoms with Gasteiger partial charge in [-0.05, 0) is 42.7 Å². The van der Waals surface area contributed by atoms with Crippen LogP contribution in [0.5, 0.6) is 0 Å². The van der Waals surface area contributed by atoms with Gasteiger partial charge < -0.3 is 4.74 Å². The summed E-state index contributed by atoms with van der Waals surface area (Å²) in [4.78, 5) is 0. The molecule has 1 aromatic rings. The van der Waals surface area contributed by atoms with E-state index in [4.69, 9.17) is 12.6 Å². The zero-order valence-corrected chi connectivity index (χ0v) is 9.83. The van der Waals surface area contributed by atoms with Gasteiger partial charge in [-0.25, -0.2) is 0 Å². The third-order valence-electron chi connectivity index (χ3n) is 4.21. The van der Waals surface area contributed by atoms with Gasteiger partial charge in [0.05, 0.1) is 12.2 Å². The quantitative estimate of drug-likeness (QED) is 0.600. The molecule has 2 heteroatoms. The van der Waals surface area contributed by atoms with E-state index in [0.717, 1.165) is 18.0 Å². The van der Waals surface area contributed by atoms with E-state index < -0.39 is 0 Å². The number of hydrogen-bond donors (Lipinski definition) is 0. The molecule has 0 amide bonds. The molecule has 1 fully saturated rings. The van der Waals surface area contributed by atoms with Gasteiger partial charge in [0.1, 0.15) is 7.85 Å². The van der Waals surface area contributed by atoms with Crippen molar-refractivity contribution in [2.45, 2.75) is 44.8 Å². The highest BCUT2D eigenvalue weighted by Crippen LogP contribution is 2.47. The van der Waals surface area contributed by atoms with Crippen LogP contribution in [0.15, 0.2) is 18.2 Å². The zero-order chi connectivity index (χ0) is 11.2. The Kier molecular flexibility index (Phi) is 2.36. The minimum Gasteiger partial charge on any atom is -0.366 e. The standard InChI is InChI=1S/C14H17BO/c1-10-4-6-14(7-5-10)13-3-2-12(15)8-11(13)9-16-14/h2-3,8,10H,4-7,9H2,1H3. The van der Waals surface area contributed by atoms with Gasteiger partial charge >= 0.3 is 0 Å². The third-order valence-corrected chi connectivity index (χ3v) is 4.21. The van der Waals surface area contributed by atoms with Crippen LogP contribution in [0.3, 0.4) is 0 Å². The van der Waals surface area contributed by atoms with E-state index in [1.807, 2.05) is 6.07 Å². The van der Waals surface area contributed by atoms with Crippen molar-refractivity contribution in [3.8, 4) is 0 Å².